The van der Waals surface area contributed by atoms with Crippen molar-refractivity contribution in [3.8, 4) is 0 Å². The van der Waals surface area contributed by atoms with E-state index in [1.807, 2.05) is 7.05 Å². The van der Waals surface area contributed by atoms with Crippen LogP contribution in [-0.2, 0) is 14.9 Å². The van der Waals surface area contributed by atoms with E-state index < -0.39 is 0 Å². The van der Waals surface area contributed by atoms with E-state index >= 15 is 0 Å². The van der Waals surface area contributed by atoms with Gasteiger partial charge in [-0.1, -0.05) is 44.2 Å². The van der Waals surface area contributed by atoms with E-state index in [1.54, 1.807) is 7.11 Å². The molecule has 5 heteroatoms. The van der Waals surface area contributed by atoms with Gasteiger partial charge < -0.3 is 19.7 Å². The molecular weight excluding hydrogens is 338 g/mol. The van der Waals surface area contributed by atoms with Crippen LogP contribution in [0.2, 0.25) is 0 Å². The zero-order valence-electron chi connectivity index (χ0n) is 17.5. The van der Waals surface area contributed by atoms with Crippen LogP contribution in [0.25, 0.3) is 0 Å². The number of nitrogens with one attached hydrogen (secondary N) is 1. The summed E-state index contributed by atoms with van der Waals surface area (Å²) in [4.78, 5) is 6.92. The van der Waals surface area contributed by atoms with Crippen LogP contribution in [0.5, 0.6) is 0 Å². The Morgan fingerprint density at radius 3 is 2.59 bits per heavy atom. The number of hydrogen-bond acceptors (Lipinski definition) is 3. The first-order chi connectivity index (χ1) is 13.2. The van der Waals surface area contributed by atoms with Crippen LogP contribution in [0, 0.1) is 5.92 Å². The molecule has 1 heterocycles. The molecule has 27 heavy (non-hydrogen) atoms. The van der Waals surface area contributed by atoms with Crippen LogP contribution in [0.1, 0.15) is 38.7 Å². The highest BCUT2D eigenvalue weighted by atomic mass is 16.5. The molecule has 0 aliphatic carbocycles. The van der Waals surface area contributed by atoms with Gasteiger partial charge in [0.05, 0.1) is 19.8 Å². The second kappa shape index (κ2) is 11.3. The fourth-order valence-electron chi connectivity index (χ4n) is 3.94. The van der Waals surface area contributed by atoms with Gasteiger partial charge in [0.2, 0.25) is 0 Å². The first-order valence-electron chi connectivity index (χ1n) is 10.3. The van der Waals surface area contributed by atoms with Crippen LogP contribution >= 0.6 is 0 Å². The SMILES string of the molecule is CCC(CC)(CNC(=NC)N1CCC(COCCOC)C1)c1ccccc1. The van der Waals surface area contributed by atoms with Gasteiger partial charge in [0.25, 0.3) is 0 Å². The van der Waals surface area contributed by atoms with Crippen molar-refractivity contribution < 1.29 is 9.47 Å². The number of ether oxygens (including phenoxy) is 2. The lowest BCUT2D eigenvalue weighted by atomic mass is 9.76. The molecule has 1 aromatic carbocycles. The highest BCUT2D eigenvalue weighted by Gasteiger charge is 2.30. The third-order valence-corrected chi connectivity index (χ3v) is 5.91. The monoisotopic (exact) mass is 375 g/mol. The number of likely N-dealkylation sites (tertiary alicyclic amines) is 1. The maximum atomic E-state index is 5.71. The van der Waals surface area contributed by atoms with Crippen LogP contribution in [0.4, 0.5) is 0 Å². The molecule has 0 amide bonds. The minimum Gasteiger partial charge on any atom is -0.382 e. The third kappa shape index (κ3) is 5.94. The molecule has 1 atom stereocenters. The molecule has 2 rings (SSSR count). The van der Waals surface area contributed by atoms with Crippen molar-refractivity contribution in [2.24, 2.45) is 10.9 Å². The third-order valence-electron chi connectivity index (χ3n) is 5.91. The molecule has 0 spiro atoms. The molecule has 1 aliphatic rings. The fourth-order valence-corrected chi connectivity index (χ4v) is 3.94. The van der Waals surface area contributed by atoms with Gasteiger partial charge in [-0.25, -0.2) is 0 Å². The smallest absolute Gasteiger partial charge is 0.193 e. The minimum absolute atomic E-state index is 0.138. The molecule has 0 aromatic heterocycles. The van der Waals surface area contributed by atoms with Crippen molar-refractivity contribution in [1.29, 1.82) is 0 Å². The number of hydrogen-bond donors (Lipinski definition) is 1. The van der Waals surface area contributed by atoms with Gasteiger partial charge >= 0.3 is 0 Å². The quantitative estimate of drug-likeness (QED) is 0.387. The summed E-state index contributed by atoms with van der Waals surface area (Å²) in [5.41, 5.74) is 1.54. The zero-order chi connectivity index (χ0) is 19.5. The van der Waals surface area contributed by atoms with Crippen molar-refractivity contribution in [2.45, 2.75) is 38.5 Å². The first-order valence-corrected chi connectivity index (χ1v) is 10.3. The van der Waals surface area contributed by atoms with E-state index in [2.05, 4.69) is 59.4 Å². The number of guanidine groups is 1. The molecule has 1 fully saturated rings. The summed E-state index contributed by atoms with van der Waals surface area (Å²) in [6.45, 7) is 9.64. The molecule has 1 N–H and O–H groups in total. The summed E-state index contributed by atoms with van der Waals surface area (Å²) < 4.78 is 10.8. The predicted molar refractivity (Wildman–Crippen MR) is 112 cm³/mol. The van der Waals surface area contributed by atoms with E-state index in [0.717, 1.165) is 51.5 Å². The number of nitrogens with zero attached hydrogens (tertiary/aromatic N) is 2. The van der Waals surface area contributed by atoms with Crippen molar-refractivity contribution in [3.63, 3.8) is 0 Å². The largest absolute Gasteiger partial charge is 0.382 e. The summed E-state index contributed by atoms with van der Waals surface area (Å²) in [5.74, 6) is 1.58. The Bertz CT molecular complexity index is 558. The number of benzene rings is 1. The van der Waals surface area contributed by atoms with Crippen LogP contribution in [-0.4, -0.2) is 64.5 Å². The molecule has 1 saturated heterocycles. The van der Waals surface area contributed by atoms with Gasteiger partial charge in [0, 0.05) is 45.1 Å². The lowest BCUT2D eigenvalue weighted by Gasteiger charge is -2.34. The Kier molecular flexibility index (Phi) is 9.08. The van der Waals surface area contributed by atoms with E-state index in [4.69, 9.17) is 9.47 Å². The summed E-state index contributed by atoms with van der Waals surface area (Å²) in [6.07, 6.45) is 3.36. The molecule has 1 unspecified atom stereocenters. The second-order valence-corrected chi connectivity index (χ2v) is 7.42. The molecule has 0 bridgehead atoms. The van der Waals surface area contributed by atoms with Gasteiger partial charge in [0.1, 0.15) is 0 Å². The number of rotatable bonds is 10. The van der Waals surface area contributed by atoms with Crippen LogP contribution in [0.15, 0.2) is 35.3 Å². The summed E-state index contributed by atoms with van der Waals surface area (Å²) >= 11 is 0. The maximum Gasteiger partial charge on any atom is 0.193 e. The second-order valence-electron chi connectivity index (χ2n) is 7.42. The lowest BCUT2D eigenvalue weighted by molar-refractivity contribution is 0.0536. The van der Waals surface area contributed by atoms with Gasteiger partial charge in [-0.3, -0.25) is 4.99 Å². The molecule has 1 aliphatic heterocycles. The average Bonchev–Trinajstić information content (AvgIpc) is 3.18. The van der Waals surface area contributed by atoms with Crippen molar-refractivity contribution in [1.82, 2.24) is 10.2 Å². The van der Waals surface area contributed by atoms with Crippen molar-refractivity contribution in [2.75, 3.05) is 53.6 Å². The molecule has 1 aromatic rings. The normalized spacial score (nSPS) is 18.1. The van der Waals surface area contributed by atoms with E-state index in [-0.39, 0.29) is 5.41 Å². The minimum atomic E-state index is 0.138. The first kappa shape index (κ1) is 21.7. The number of methoxy groups -OCH3 is 1. The van der Waals surface area contributed by atoms with Crippen molar-refractivity contribution >= 4 is 5.96 Å². The fraction of sp³-hybridized carbons (Fsp3) is 0.682. The molecule has 0 radical (unpaired) electrons. The Balaban J connectivity index is 1.91. The van der Waals surface area contributed by atoms with Gasteiger partial charge in [-0.15, -0.1) is 0 Å². The van der Waals surface area contributed by atoms with Crippen LogP contribution in [0.3, 0.4) is 0 Å². The summed E-state index contributed by atoms with van der Waals surface area (Å²) in [6, 6.07) is 10.9. The summed E-state index contributed by atoms with van der Waals surface area (Å²) in [5, 5.41) is 3.66. The molecule has 152 valence electrons. The maximum absolute atomic E-state index is 5.71. The van der Waals surface area contributed by atoms with E-state index in [9.17, 15) is 0 Å². The Morgan fingerprint density at radius 2 is 1.96 bits per heavy atom. The van der Waals surface area contributed by atoms with Crippen LogP contribution < -0.4 is 5.32 Å². The Labute approximate surface area is 165 Å². The lowest BCUT2D eigenvalue weighted by Crippen LogP contribution is -2.46. The van der Waals surface area contributed by atoms with E-state index in [1.165, 1.54) is 5.56 Å². The Morgan fingerprint density at radius 1 is 1.22 bits per heavy atom. The zero-order valence-corrected chi connectivity index (χ0v) is 17.5. The Hall–Kier alpha value is -1.59. The summed E-state index contributed by atoms with van der Waals surface area (Å²) in [7, 11) is 3.59. The molecule has 5 nitrogen and oxygen atoms in total. The molecule has 0 saturated carbocycles. The van der Waals surface area contributed by atoms with E-state index in [0.29, 0.717) is 19.1 Å². The standard InChI is InChI=1S/C22H37N3O2/c1-5-22(6-2,20-10-8-7-9-11-20)18-24-21(23-3)25-13-12-19(16-25)17-27-15-14-26-4/h7-11,19H,5-6,12-18H2,1-4H3,(H,23,24). The van der Waals surface area contributed by atoms with Crippen molar-refractivity contribution in [3.05, 3.63) is 35.9 Å². The van der Waals surface area contributed by atoms with Gasteiger partial charge in [-0.2, -0.15) is 0 Å². The average molecular weight is 376 g/mol. The van der Waals surface area contributed by atoms with Gasteiger partial charge in [-0.05, 0) is 24.8 Å². The van der Waals surface area contributed by atoms with Gasteiger partial charge in [0.15, 0.2) is 5.96 Å². The highest BCUT2D eigenvalue weighted by Crippen LogP contribution is 2.31. The number of aliphatic imine (C=N–C) groups is 1. The molecular formula is C22H37N3O2. The predicted octanol–water partition coefficient (Wildman–Crippen LogP) is 3.30. The topological polar surface area (TPSA) is 46.1 Å². The highest BCUT2D eigenvalue weighted by molar-refractivity contribution is 5.80.